The second kappa shape index (κ2) is 9.13. The van der Waals surface area contributed by atoms with Gasteiger partial charge in [0.15, 0.2) is 0 Å². The number of ether oxygens (including phenoxy) is 2. The Hall–Kier alpha value is -3.18. The average Bonchev–Trinajstić information content (AvgIpc) is 3.36. The summed E-state index contributed by atoms with van der Waals surface area (Å²) in [6.45, 7) is 1.35. The summed E-state index contributed by atoms with van der Waals surface area (Å²) < 4.78 is 11.7. The normalized spacial score (nSPS) is 20.0. The summed E-state index contributed by atoms with van der Waals surface area (Å²) in [6.07, 6.45) is 8.79. The number of nitrogens with two attached hydrogens (primary N) is 1. The first kappa shape index (κ1) is 20.7. The first-order chi connectivity index (χ1) is 15.7. The first-order valence-corrected chi connectivity index (χ1v) is 11.4. The number of amides is 1. The van der Waals surface area contributed by atoms with E-state index in [4.69, 9.17) is 15.2 Å². The van der Waals surface area contributed by atoms with Gasteiger partial charge in [0.05, 0.1) is 6.10 Å². The molecule has 1 amide bonds. The van der Waals surface area contributed by atoms with Crippen LogP contribution >= 0.6 is 0 Å². The van der Waals surface area contributed by atoms with Crippen LogP contribution in [-0.2, 0) is 17.6 Å². The number of rotatable bonds is 6. The van der Waals surface area contributed by atoms with Crippen molar-refractivity contribution in [1.29, 1.82) is 0 Å². The maximum Gasteiger partial charge on any atom is 0.248 e. The summed E-state index contributed by atoms with van der Waals surface area (Å²) in [6, 6.07) is 16.4. The Bertz CT molecular complexity index is 1110. The van der Waals surface area contributed by atoms with Crippen LogP contribution in [0.15, 0.2) is 60.9 Å². The molecule has 3 aromatic rings. The van der Waals surface area contributed by atoms with Crippen molar-refractivity contribution >= 4 is 5.91 Å². The zero-order valence-electron chi connectivity index (χ0n) is 18.1. The lowest BCUT2D eigenvalue weighted by Crippen LogP contribution is -2.20. The van der Waals surface area contributed by atoms with Gasteiger partial charge in [0.25, 0.3) is 0 Å². The van der Waals surface area contributed by atoms with E-state index >= 15 is 0 Å². The molecule has 164 valence electrons. The number of nitrogens with zero attached hydrogens (tertiary/aromatic N) is 1. The molecule has 5 rings (SSSR count). The van der Waals surface area contributed by atoms with Crippen LogP contribution in [0.5, 0.6) is 5.75 Å². The lowest BCUT2D eigenvalue weighted by molar-refractivity contribution is 0.0679. The highest BCUT2D eigenvalue weighted by atomic mass is 16.5. The molecule has 1 saturated heterocycles. The minimum atomic E-state index is -0.386. The zero-order chi connectivity index (χ0) is 21.9. The van der Waals surface area contributed by atoms with Gasteiger partial charge in [0, 0.05) is 24.6 Å². The van der Waals surface area contributed by atoms with Gasteiger partial charge in [0.2, 0.25) is 5.91 Å². The van der Waals surface area contributed by atoms with Gasteiger partial charge in [-0.1, -0.05) is 24.3 Å². The Morgan fingerprint density at radius 3 is 2.81 bits per heavy atom. The molecule has 0 bridgehead atoms. The molecular formula is C27H28N2O3. The Balaban J connectivity index is 1.37. The Morgan fingerprint density at radius 1 is 1.09 bits per heavy atom. The van der Waals surface area contributed by atoms with Crippen LogP contribution in [0, 0.1) is 0 Å². The molecule has 2 heterocycles. The smallest absolute Gasteiger partial charge is 0.248 e. The van der Waals surface area contributed by atoms with Crippen LogP contribution in [0.2, 0.25) is 0 Å². The van der Waals surface area contributed by atoms with E-state index in [-0.39, 0.29) is 17.9 Å². The van der Waals surface area contributed by atoms with E-state index in [0.717, 1.165) is 55.6 Å². The van der Waals surface area contributed by atoms with Crippen LogP contribution in [-0.4, -0.2) is 30.2 Å². The number of aromatic nitrogens is 1. The number of fused-ring (bicyclic) bond motifs is 1. The maximum absolute atomic E-state index is 12.1. The molecular weight excluding hydrogens is 400 g/mol. The van der Waals surface area contributed by atoms with E-state index in [1.165, 1.54) is 16.7 Å². The second-order valence-electron chi connectivity index (χ2n) is 8.72. The first-order valence-electron chi connectivity index (χ1n) is 11.4. The Labute approximate surface area is 188 Å². The molecule has 0 radical (unpaired) electrons. The average molecular weight is 429 g/mol. The van der Waals surface area contributed by atoms with Crippen molar-refractivity contribution < 1.29 is 14.3 Å². The molecule has 5 heteroatoms. The van der Waals surface area contributed by atoms with Crippen molar-refractivity contribution in [3.8, 4) is 16.9 Å². The minimum absolute atomic E-state index is 0.157. The van der Waals surface area contributed by atoms with Crippen LogP contribution in [0.3, 0.4) is 0 Å². The maximum atomic E-state index is 12.1. The van der Waals surface area contributed by atoms with E-state index in [2.05, 4.69) is 29.2 Å². The third-order valence-corrected chi connectivity index (χ3v) is 6.62. The standard InChI is InChI=1S/C27H28N2O3/c28-27(30)25-10-9-23(32-17-24-4-2-12-31-24)15-26(25)21-8-7-18-13-20(6-5-19(18)14-21)22-3-1-11-29-16-22/h1,3,5-6,9-11,13,15-16,21,24H,2,4,7-8,12,14,17H2,(H2,28,30)/t21-,24-/m0/s1. The lowest BCUT2D eigenvalue weighted by Gasteiger charge is -2.27. The fourth-order valence-corrected chi connectivity index (χ4v) is 4.89. The SMILES string of the molecule is NC(=O)c1ccc(OC[C@@H]2CCCO2)cc1[C@H]1CCc2cc(-c3cccnc3)ccc2C1. The van der Waals surface area contributed by atoms with Gasteiger partial charge in [-0.25, -0.2) is 0 Å². The molecule has 32 heavy (non-hydrogen) atoms. The monoisotopic (exact) mass is 428 g/mol. The van der Waals surface area contributed by atoms with E-state index in [0.29, 0.717) is 12.2 Å². The van der Waals surface area contributed by atoms with Crippen molar-refractivity contribution in [3.63, 3.8) is 0 Å². The predicted octanol–water partition coefficient (Wildman–Crippen LogP) is 4.68. The number of carbonyl (C=O) groups excluding carboxylic acids is 1. The fourth-order valence-electron chi connectivity index (χ4n) is 4.89. The molecule has 2 atom stereocenters. The molecule has 1 aliphatic carbocycles. The number of hydrogen-bond acceptors (Lipinski definition) is 4. The van der Waals surface area contributed by atoms with Gasteiger partial charge in [-0.15, -0.1) is 0 Å². The van der Waals surface area contributed by atoms with Crippen molar-refractivity contribution in [2.45, 2.75) is 44.1 Å². The van der Waals surface area contributed by atoms with Crippen molar-refractivity contribution in [2.75, 3.05) is 13.2 Å². The molecule has 0 spiro atoms. The highest BCUT2D eigenvalue weighted by Gasteiger charge is 2.25. The largest absolute Gasteiger partial charge is 0.491 e. The minimum Gasteiger partial charge on any atom is -0.491 e. The van der Waals surface area contributed by atoms with Gasteiger partial charge in [-0.05, 0) is 90.1 Å². The topological polar surface area (TPSA) is 74.4 Å². The molecule has 5 nitrogen and oxygen atoms in total. The van der Waals surface area contributed by atoms with Crippen LogP contribution in [0.4, 0.5) is 0 Å². The second-order valence-corrected chi connectivity index (χ2v) is 8.72. The van der Waals surface area contributed by atoms with Gasteiger partial charge < -0.3 is 15.2 Å². The lowest BCUT2D eigenvalue weighted by atomic mass is 9.78. The molecule has 1 fully saturated rings. The Morgan fingerprint density at radius 2 is 2.03 bits per heavy atom. The van der Waals surface area contributed by atoms with Crippen LogP contribution in [0.25, 0.3) is 11.1 Å². The number of carbonyl (C=O) groups is 1. The molecule has 0 saturated carbocycles. The highest BCUT2D eigenvalue weighted by Crippen LogP contribution is 2.37. The van der Waals surface area contributed by atoms with Crippen molar-refractivity contribution in [1.82, 2.24) is 4.98 Å². The number of benzene rings is 2. The highest BCUT2D eigenvalue weighted by molar-refractivity contribution is 5.94. The van der Waals surface area contributed by atoms with E-state index in [1.54, 1.807) is 6.20 Å². The number of pyridine rings is 1. The van der Waals surface area contributed by atoms with Gasteiger partial charge in [0.1, 0.15) is 12.4 Å². The van der Waals surface area contributed by atoms with Crippen molar-refractivity contribution in [3.05, 3.63) is 83.2 Å². The van der Waals surface area contributed by atoms with Crippen LogP contribution < -0.4 is 10.5 Å². The number of primary amides is 1. The van der Waals surface area contributed by atoms with Crippen LogP contribution in [0.1, 0.15) is 52.2 Å². The molecule has 1 aliphatic heterocycles. The van der Waals surface area contributed by atoms with E-state index < -0.39 is 0 Å². The van der Waals surface area contributed by atoms with Crippen molar-refractivity contribution in [2.24, 2.45) is 5.73 Å². The molecule has 1 aromatic heterocycles. The molecule has 2 N–H and O–H groups in total. The Kier molecular flexibility index (Phi) is 5.91. The molecule has 2 aromatic carbocycles. The zero-order valence-corrected chi connectivity index (χ0v) is 18.1. The summed E-state index contributed by atoms with van der Waals surface area (Å²) in [5.74, 6) is 0.627. The van der Waals surface area contributed by atoms with E-state index in [1.807, 2.05) is 30.5 Å². The fraction of sp³-hybridized carbons (Fsp3) is 0.333. The summed E-state index contributed by atoms with van der Waals surface area (Å²) in [7, 11) is 0. The summed E-state index contributed by atoms with van der Waals surface area (Å²) in [5.41, 5.74) is 12.3. The summed E-state index contributed by atoms with van der Waals surface area (Å²) >= 11 is 0. The molecule has 0 unspecified atom stereocenters. The summed E-state index contributed by atoms with van der Waals surface area (Å²) in [4.78, 5) is 16.4. The third kappa shape index (κ3) is 4.39. The van der Waals surface area contributed by atoms with Gasteiger partial charge in [-0.2, -0.15) is 0 Å². The third-order valence-electron chi connectivity index (χ3n) is 6.62. The van der Waals surface area contributed by atoms with Gasteiger partial charge in [-0.3, -0.25) is 9.78 Å². The number of aryl methyl sites for hydroxylation is 1. The van der Waals surface area contributed by atoms with Gasteiger partial charge >= 0.3 is 0 Å². The summed E-state index contributed by atoms with van der Waals surface area (Å²) in [5, 5.41) is 0. The number of hydrogen-bond donors (Lipinski definition) is 1. The predicted molar refractivity (Wildman–Crippen MR) is 124 cm³/mol. The quantitative estimate of drug-likeness (QED) is 0.619. The van der Waals surface area contributed by atoms with E-state index in [9.17, 15) is 4.79 Å². The molecule has 2 aliphatic rings.